The molecular weight excluding hydrogens is 694 g/mol. The van der Waals surface area contributed by atoms with Crippen molar-refractivity contribution < 1.29 is 46.9 Å². The number of methoxy groups -OCH3 is 1. The van der Waals surface area contributed by atoms with Crippen molar-refractivity contribution >= 4 is 44.6 Å². The number of pyridine rings is 1. The van der Waals surface area contributed by atoms with Crippen LogP contribution in [0.2, 0.25) is 0 Å². The molecule has 7 atom stereocenters. The van der Waals surface area contributed by atoms with E-state index in [2.05, 4.69) is 33.5 Å². The summed E-state index contributed by atoms with van der Waals surface area (Å²) in [5, 5.41) is 16.1. The molecule has 1 saturated heterocycles. The molecule has 3 aliphatic rings. The number of carbonyl (C=O) groups is 4. The topological polar surface area (TPSA) is 203 Å². The molecule has 2 saturated carbocycles. The first-order chi connectivity index (χ1) is 24.6. The van der Waals surface area contributed by atoms with Crippen LogP contribution in [0.15, 0.2) is 55.8 Å². The summed E-state index contributed by atoms with van der Waals surface area (Å²) in [5.74, 6) is -2.08. The number of nitrogens with zero attached hydrogens (tertiary/aromatic N) is 2. The predicted octanol–water partition coefficient (Wildman–Crippen LogP) is 3.05. The second kappa shape index (κ2) is 15.1. The first-order valence-electron chi connectivity index (χ1n) is 17.2. The number of likely N-dealkylation sites (tertiary alicyclic amines) is 1. The number of amides is 4. The Morgan fingerprint density at radius 2 is 1.90 bits per heavy atom. The fourth-order valence-corrected chi connectivity index (χ4v) is 7.87. The second-order valence-electron chi connectivity index (χ2n) is 14.0. The van der Waals surface area contributed by atoms with Gasteiger partial charge in [-0.05, 0) is 82.5 Å². The zero-order valence-electron chi connectivity index (χ0n) is 29.8. The van der Waals surface area contributed by atoms with Crippen molar-refractivity contribution in [3.8, 4) is 11.6 Å². The number of hydrogen-bond donors (Lipinski definition) is 4. The van der Waals surface area contributed by atoms with Gasteiger partial charge in [-0.15, -0.1) is 13.2 Å². The van der Waals surface area contributed by atoms with Crippen LogP contribution in [0.4, 0.5) is 4.79 Å². The molecule has 5 rings (SSSR count). The molecule has 282 valence electrons. The van der Waals surface area contributed by atoms with E-state index in [0.29, 0.717) is 36.8 Å². The standard InChI is InChI=1S/C36H47N5O10S/c1-7-9-10-21(3)50-22(4)29(38-34(45)46)32(43)41-20-26(51-31-27-12-11-25(49-6)17-23(27)13-16-37-31)18-28(41)30(42)39-36(19-24(36)8-2)33(44)40-52(47,48)35(5)14-15-35/h7-8,11-13,16-17,21-22,24,26,28-29,38H,1-2,9-10,14-15,18-20H2,3-6H3,(H,39,42)(H,40,44)(H,45,46)/t21?,22-,24+,26+,28-,29?,36+/m0/s1. The van der Waals surface area contributed by atoms with Crippen LogP contribution < -0.4 is 24.8 Å². The number of allylic oxidation sites excluding steroid dienone is 1. The lowest BCUT2D eigenvalue weighted by Gasteiger charge is -2.32. The van der Waals surface area contributed by atoms with Crippen LogP contribution in [-0.4, -0.2) is 102 Å². The molecule has 16 heteroatoms. The monoisotopic (exact) mass is 741 g/mol. The molecule has 15 nitrogen and oxygen atoms in total. The summed E-state index contributed by atoms with van der Waals surface area (Å²) in [6.07, 6.45) is 3.28. The average Bonchev–Trinajstić information content (AvgIpc) is 3.99. The first kappa shape index (κ1) is 38.5. The molecule has 2 aliphatic carbocycles. The van der Waals surface area contributed by atoms with E-state index in [9.17, 15) is 32.7 Å². The highest BCUT2D eigenvalue weighted by atomic mass is 32.2. The van der Waals surface area contributed by atoms with Crippen LogP contribution >= 0.6 is 0 Å². The number of nitrogens with one attached hydrogen (secondary N) is 3. The summed E-state index contributed by atoms with van der Waals surface area (Å²) in [4.78, 5) is 59.6. The van der Waals surface area contributed by atoms with Gasteiger partial charge in [-0.2, -0.15) is 0 Å². The van der Waals surface area contributed by atoms with Crippen molar-refractivity contribution in [2.75, 3.05) is 13.7 Å². The van der Waals surface area contributed by atoms with Gasteiger partial charge in [0.25, 0.3) is 5.91 Å². The van der Waals surface area contributed by atoms with Gasteiger partial charge < -0.3 is 34.9 Å². The minimum atomic E-state index is -4.02. The Balaban J connectivity index is 1.44. The van der Waals surface area contributed by atoms with Gasteiger partial charge in [0, 0.05) is 23.9 Å². The molecule has 2 heterocycles. The zero-order chi connectivity index (χ0) is 38.0. The largest absolute Gasteiger partial charge is 0.497 e. The molecule has 1 aromatic heterocycles. The highest BCUT2D eigenvalue weighted by Gasteiger charge is 2.63. The lowest BCUT2D eigenvalue weighted by molar-refractivity contribution is -0.144. The number of rotatable bonds is 17. The molecule has 4 N–H and O–H groups in total. The molecule has 1 aromatic carbocycles. The third-order valence-corrected chi connectivity index (χ3v) is 12.3. The smallest absolute Gasteiger partial charge is 0.405 e. The van der Waals surface area contributed by atoms with Crippen molar-refractivity contribution in [1.29, 1.82) is 0 Å². The molecule has 3 fully saturated rings. The Morgan fingerprint density at radius 3 is 2.52 bits per heavy atom. The predicted molar refractivity (Wildman–Crippen MR) is 191 cm³/mol. The number of sulfonamides is 1. The van der Waals surface area contributed by atoms with Crippen LogP contribution in [-0.2, 0) is 29.1 Å². The number of aromatic nitrogens is 1. The van der Waals surface area contributed by atoms with Gasteiger partial charge in [0.1, 0.15) is 29.5 Å². The van der Waals surface area contributed by atoms with Crippen LogP contribution in [0.25, 0.3) is 10.8 Å². The minimum Gasteiger partial charge on any atom is -0.497 e. The van der Waals surface area contributed by atoms with E-state index >= 15 is 0 Å². The van der Waals surface area contributed by atoms with Gasteiger partial charge in [-0.25, -0.2) is 18.2 Å². The Bertz CT molecular complexity index is 1850. The summed E-state index contributed by atoms with van der Waals surface area (Å²) in [6, 6.07) is 4.46. The van der Waals surface area contributed by atoms with Gasteiger partial charge in [0.15, 0.2) is 0 Å². The Labute approximate surface area is 303 Å². The molecular formula is C36H47N5O10S. The summed E-state index contributed by atoms with van der Waals surface area (Å²) >= 11 is 0. The van der Waals surface area contributed by atoms with Crippen molar-refractivity contribution in [3.63, 3.8) is 0 Å². The maximum atomic E-state index is 14.3. The summed E-state index contributed by atoms with van der Waals surface area (Å²) in [6.45, 7) is 12.2. The highest BCUT2D eigenvalue weighted by Crippen LogP contribution is 2.47. The molecule has 0 radical (unpaired) electrons. The van der Waals surface area contributed by atoms with E-state index in [1.54, 1.807) is 58.4 Å². The average molecular weight is 742 g/mol. The Hall–Kier alpha value is -4.70. The van der Waals surface area contributed by atoms with E-state index in [1.165, 1.54) is 11.0 Å². The number of fused-ring (bicyclic) bond motifs is 1. The summed E-state index contributed by atoms with van der Waals surface area (Å²) in [5.41, 5.74) is -1.61. The quantitative estimate of drug-likeness (QED) is 0.174. The number of ether oxygens (including phenoxy) is 3. The molecule has 1 aliphatic heterocycles. The van der Waals surface area contributed by atoms with E-state index < -0.39 is 74.3 Å². The normalized spacial score (nSPS) is 24.8. The molecule has 4 amide bonds. The van der Waals surface area contributed by atoms with Gasteiger partial charge >= 0.3 is 6.09 Å². The third kappa shape index (κ3) is 8.02. The first-order valence-corrected chi connectivity index (χ1v) is 18.7. The summed E-state index contributed by atoms with van der Waals surface area (Å²) in [7, 11) is -2.47. The van der Waals surface area contributed by atoms with Gasteiger partial charge in [-0.1, -0.05) is 12.2 Å². The van der Waals surface area contributed by atoms with E-state index in [0.717, 1.165) is 5.39 Å². The van der Waals surface area contributed by atoms with Crippen molar-refractivity contribution in [3.05, 3.63) is 55.8 Å². The van der Waals surface area contributed by atoms with Crippen LogP contribution in [0.1, 0.15) is 59.3 Å². The van der Waals surface area contributed by atoms with Crippen molar-refractivity contribution in [1.82, 2.24) is 25.2 Å². The van der Waals surface area contributed by atoms with Crippen LogP contribution in [0.5, 0.6) is 11.6 Å². The van der Waals surface area contributed by atoms with E-state index in [1.807, 2.05) is 6.07 Å². The van der Waals surface area contributed by atoms with Crippen molar-refractivity contribution in [2.24, 2.45) is 5.92 Å². The molecule has 2 unspecified atom stereocenters. The van der Waals surface area contributed by atoms with E-state index in [4.69, 9.17) is 14.2 Å². The zero-order valence-corrected chi connectivity index (χ0v) is 30.6. The molecule has 2 aromatic rings. The van der Waals surface area contributed by atoms with Gasteiger partial charge in [0.05, 0.1) is 30.6 Å². The number of hydrogen-bond acceptors (Lipinski definition) is 10. The SMILES string of the molecule is C=CCCC(C)O[C@@H](C)C(NC(=O)O)C(=O)N1C[C@H](Oc2nccc3cc(OC)ccc23)C[C@H]1C(=O)N[C@]1(C(=O)NS(=O)(=O)C2(C)CC2)C[C@H]1C=C. The molecule has 52 heavy (non-hydrogen) atoms. The Kier molecular flexibility index (Phi) is 11.2. The fourth-order valence-electron chi connectivity index (χ4n) is 6.56. The van der Waals surface area contributed by atoms with Gasteiger partial charge in [-0.3, -0.25) is 19.1 Å². The fraction of sp³-hybridized carbons (Fsp3) is 0.528. The van der Waals surface area contributed by atoms with Crippen LogP contribution in [0, 0.1) is 5.92 Å². The highest BCUT2D eigenvalue weighted by molar-refractivity contribution is 7.91. The third-order valence-electron chi connectivity index (χ3n) is 10.2. The molecule has 0 spiro atoms. The number of benzene rings is 1. The maximum Gasteiger partial charge on any atom is 0.405 e. The van der Waals surface area contributed by atoms with Crippen LogP contribution in [0.3, 0.4) is 0 Å². The number of carbonyl (C=O) groups excluding carboxylic acids is 3. The number of carboxylic acid groups (broad SMARTS) is 1. The maximum absolute atomic E-state index is 14.3. The lowest BCUT2D eigenvalue weighted by Crippen LogP contribution is -2.60. The second-order valence-corrected chi connectivity index (χ2v) is 16.2. The van der Waals surface area contributed by atoms with E-state index in [-0.39, 0.29) is 31.4 Å². The summed E-state index contributed by atoms with van der Waals surface area (Å²) < 4.78 is 44.7. The minimum absolute atomic E-state index is 0.0522. The molecule has 0 bridgehead atoms. The Morgan fingerprint density at radius 1 is 1.17 bits per heavy atom. The lowest BCUT2D eigenvalue weighted by atomic mass is 10.1. The van der Waals surface area contributed by atoms with Gasteiger partial charge in [0.2, 0.25) is 27.7 Å². The van der Waals surface area contributed by atoms with Crippen molar-refractivity contribution in [2.45, 2.75) is 100.0 Å².